The number of nitrogens with one attached hydrogen (secondary N) is 2. The molecule has 0 rings (SSSR count). The second kappa shape index (κ2) is 9.50. The van der Waals surface area contributed by atoms with Crippen LogP contribution in [0.15, 0.2) is 0 Å². The highest BCUT2D eigenvalue weighted by atomic mass is 16.2. The lowest BCUT2D eigenvalue weighted by molar-refractivity contribution is -0.130. The zero-order valence-corrected chi connectivity index (χ0v) is 13.6. The van der Waals surface area contributed by atoms with Crippen LogP contribution >= 0.6 is 0 Å². The Hall–Kier alpha value is -1.43. The first-order valence-corrected chi connectivity index (χ1v) is 7.41. The van der Waals surface area contributed by atoms with E-state index in [2.05, 4.69) is 10.6 Å². The van der Waals surface area contributed by atoms with E-state index in [9.17, 15) is 14.4 Å². The van der Waals surface area contributed by atoms with Crippen molar-refractivity contribution < 1.29 is 14.4 Å². The molecule has 2 amide bonds. The highest BCUT2D eigenvalue weighted by molar-refractivity contribution is 5.90. The lowest BCUT2D eigenvalue weighted by Crippen LogP contribution is -2.53. The summed E-state index contributed by atoms with van der Waals surface area (Å²) < 4.78 is 0. The zero-order valence-electron chi connectivity index (χ0n) is 13.6. The third kappa shape index (κ3) is 8.45. The van der Waals surface area contributed by atoms with Gasteiger partial charge in [-0.15, -0.1) is 0 Å². The van der Waals surface area contributed by atoms with Crippen molar-refractivity contribution in [2.45, 2.75) is 65.6 Å². The maximum atomic E-state index is 12.1. The van der Waals surface area contributed by atoms with E-state index in [4.69, 9.17) is 5.73 Å². The van der Waals surface area contributed by atoms with Gasteiger partial charge >= 0.3 is 0 Å². The molecular formula is C15H28N3O3. The fourth-order valence-electron chi connectivity index (χ4n) is 1.94. The molecule has 0 bridgehead atoms. The van der Waals surface area contributed by atoms with Crippen LogP contribution in [0.25, 0.3) is 0 Å². The molecule has 0 aliphatic rings. The number of carbonyl (C=O) groups is 2. The Bertz CT molecular complexity index is 356. The quantitative estimate of drug-likeness (QED) is 0.577. The molecule has 3 atom stereocenters. The molecule has 0 aromatic carbocycles. The van der Waals surface area contributed by atoms with Gasteiger partial charge in [0, 0.05) is 0 Å². The molecule has 0 spiro atoms. The highest BCUT2D eigenvalue weighted by Gasteiger charge is 2.25. The minimum Gasteiger partial charge on any atom is -0.344 e. The van der Waals surface area contributed by atoms with Gasteiger partial charge in [-0.3, -0.25) is 14.4 Å². The Morgan fingerprint density at radius 2 is 1.48 bits per heavy atom. The molecule has 0 aromatic heterocycles. The van der Waals surface area contributed by atoms with Crippen LogP contribution in [0.2, 0.25) is 0 Å². The van der Waals surface area contributed by atoms with Gasteiger partial charge in [0.25, 0.3) is 0 Å². The smallest absolute Gasteiger partial charge is 0.243 e. The first-order valence-electron chi connectivity index (χ1n) is 7.41. The SMILES string of the molecule is CC(C)C[C@H](NC(=O)[C@@H](N)CC(C)C)C(=O)N[C@@H](C)[C]=O. The summed E-state index contributed by atoms with van der Waals surface area (Å²) in [6.07, 6.45) is 2.73. The Balaban J connectivity index is 4.71. The first kappa shape index (κ1) is 19.6. The largest absolute Gasteiger partial charge is 0.344 e. The molecule has 0 heterocycles. The lowest BCUT2D eigenvalue weighted by atomic mass is 10.0. The molecule has 0 fully saturated rings. The number of hydrogen-bond donors (Lipinski definition) is 3. The molecule has 6 heteroatoms. The van der Waals surface area contributed by atoms with Crippen molar-refractivity contribution in [3.8, 4) is 0 Å². The molecule has 0 saturated carbocycles. The fourth-order valence-corrected chi connectivity index (χ4v) is 1.94. The lowest BCUT2D eigenvalue weighted by Gasteiger charge is -2.23. The second-order valence-corrected chi connectivity index (χ2v) is 6.27. The molecule has 0 aliphatic heterocycles. The van der Waals surface area contributed by atoms with Crippen molar-refractivity contribution in [1.82, 2.24) is 10.6 Å². The number of rotatable bonds is 9. The summed E-state index contributed by atoms with van der Waals surface area (Å²) in [4.78, 5) is 34.6. The van der Waals surface area contributed by atoms with Gasteiger partial charge in [-0.2, -0.15) is 0 Å². The Morgan fingerprint density at radius 3 is 1.90 bits per heavy atom. The van der Waals surface area contributed by atoms with Crippen LogP contribution in [0.3, 0.4) is 0 Å². The molecule has 0 saturated heterocycles. The summed E-state index contributed by atoms with van der Waals surface area (Å²) in [5.41, 5.74) is 5.82. The molecule has 21 heavy (non-hydrogen) atoms. The van der Waals surface area contributed by atoms with Crippen LogP contribution in [0.4, 0.5) is 0 Å². The molecular weight excluding hydrogens is 270 g/mol. The summed E-state index contributed by atoms with van der Waals surface area (Å²) >= 11 is 0. The summed E-state index contributed by atoms with van der Waals surface area (Å²) in [5.74, 6) is -0.206. The van der Waals surface area contributed by atoms with E-state index >= 15 is 0 Å². The van der Waals surface area contributed by atoms with Gasteiger partial charge in [-0.25, -0.2) is 0 Å². The topological polar surface area (TPSA) is 101 Å². The number of amides is 2. The molecule has 0 aliphatic carbocycles. The molecule has 0 unspecified atom stereocenters. The predicted molar refractivity (Wildman–Crippen MR) is 82.1 cm³/mol. The maximum Gasteiger partial charge on any atom is 0.243 e. The molecule has 6 nitrogen and oxygen atoms in total. The van der Waals surface area contributed by atoms with Crippen molar-refractivity contribution >= 4 is 18.1 Å². The van der Waals surface area contributed by atoms with Gasteiger partial charge in [0.1, 0.15) is 6.04 Å². The molecule has 4 N–H and O–H groups in total. The summed E-state index contributed by atoms with van der Waals surface area (Å²) in [7, 11) is 0. The van der Waals surface area contributed by atoms with E-state index < -0.39 is 18.1 Å². The monoisotopic (exact) mass is 298 g/mol. The van der Waals surface area contributed by atoms with Crippen LogP contribution < -0.4 is 16.4 Å². The third-order valence-corrected chi connectivity index (χ3v) is 2.94. The van der Waals surface area contributed by atoms with Crippen molar-refractivity contribution in [3.05, 3.63) is 0 Å². The standard InChI is InChI=1S/C15H28N3O3/c1-9(2)6-12(16)14(20)18-13(7-10(3)4)15(21)17-11(5)8-19/h9-13H,6-7,16H2,1-5H3,(H,17,21)(H,18,20)/t11-,12-,13-/m0/s1. The van der Waals surface area contributed by atoms with Crippen LogP contribution in [-0.4, -0.2) is 36.2 Å². The van der Waals surface area contributed by atoms with Gasteiger partial charge in [0.05, 0.1) is 12.1 Å². The average molecular weight is 298 g/mol. The minimum absolute atomic E-state index is 0.220. The fraction of sp³-hybridized carbons (Fsp3) is 0.800. The normalized spacial score (nSPS) is 15.4. The van der Waals surface area contributed by atoms with E-state index in [1.54, 1.807) is 6.29 Å². The van der Waals surface area contributed by atoms with Crippen LogP contribution in [0.1, 0.15) is 47.5 Å². The summed E-state index contributed by atoms with van der Waals surface area (Å²) in [6.45, 7) is 9.40. The summed E-state index contributed by atoms with van der Waals surface area (Å²) in [6, 6.07) is -2.03. The second-order valence-electron chi connectivity index (χ2n) is 6.27. The van der Waals surface area contributed by atoms with Crippen molar-refractivity contribution in [3.63, 3.8) is 0 Å². The van der Waals surface area contributed by atoms with Crippen molar-refractivity contribution in [2.75, 3.05) is 0 Å². The minimum atomic E-state index is -0.701. The Kier molecular flexibility index (Phi) is 8.85. The first-order chi connectivity index (χ1) is 9.67. The van der Waals surface area contributed by atoms with Crippen molar-refractivity contribution in [2.24, 2.45) is 17.6 Å². The zero-order chi connectivity index (χ0) is 16.6. The number of carbonyl (C=O) groups excluding carboxylic acids is 3. The molecule has 1 radical (unpaired) electrons. The van der Waals surface area contributed by atoms with E-state index in [1.807, 2.05) is 27.7 Å². The van der Waals surface area contributed by atoms with Gasteiger partial charge in [0.15, 0.2) is 0 Å². The van der Waals surface area contributed by atoms with Gasteiger partial charge in [-0.05, 0) is 31.6 Å². The number of hydrogen-bond acceptors (Lipinski definition) is 4. The molecule has 121 valence electrons. The average Bonchev–Trinajstić information content (AvgIpc) is 2.36. The van der Waals surface area contributed by atoms with E-state index in [0.29, 0.717) is 18.8 Å². The highest BCUT2D eigenvalue weighted by Crippen LogP contribution is 2.07. The predicted octanol–water partition coefficient (Wildman–Crippen LogP) is 0.505. The maximum absolute atomic E-state index is 12.1. The van der Waals surface area contributed by atoms with E-state index in [1.165, 1.54) is 6.92 Å². The van der Waals surface area contributed by atoms with Crippen LogP contribution in [0.5, 0.6) is 0 Å². The van der Waals surface area contributed by atoms with Gasteiger partial charge in [0.2, 0.25) is 18.1 Å². The number of nitrogens with two attached hydrogens (primary N) is 1. The van der Waals surface area contributed by atoms with Crippen LogP contribution in [0, 0.1) is 11.8 Å². The van der Waals surface area contributed by atoms with E-state index in [0.717, 1.165) is 0 Å². The van der Waals surface area contributed by atoms with Crippen molar-refractivity contribution in [1.29, 1.82) is 0 Å². The van der Waals surface area contributed by atoms with Gasteiger partial charge in [-0.1, -0.05) is 27.7 Å². The van der Waals surface area contributed by atoms with Gasteiger partial charge < -0.3 is 16.4 Å². The van der Waals surface area contributed by atoms with Crippen LogP contribution in [-0.2, 0) is 14.4 Å². The molecule has 0 aromatic rings. The van der Waals surface area contributed by atoms with E-state index in [-0.39, 0.29) is 17.7 Å². The summed E-state index contributed by atoms with van der Waals surface area (Å²) in [5, 5.41) is 5.18. The third-order valence-electron chi connectivity index (χ3n) is 2.94. The Labute approximate surface area is 127 Å². The Morgan fingerprint density at radius 1 is 0.952 bits per heavy atom.